The number of nitrogens with zero attached hydrogens (tertiary/aromatic N) is 2. The summed E-state index contributed by atoms with van der Waals surface area (Å²) in [6.07, 6.45) is 0. The number of rotatable bonds is 4. The van der Waals surface area contributed by atoms with Gasteiger partial charge in [0, 0.05) is 10.7 Å². The summed E-state index contributed by atoms with van der Waals surface area (Å²) in [5.74, 6) is -0.538. The molecule has 0 radical (unpaired) electrons. The largest absolute Gasteiger partial charge is 0.410 e. The minimum atomic E-state index is -0.538. The van der Waals surface area contributed by atoms with Crippen LogP contribution in [0.25, 0.3) is 0 Å². The van der Waals surface area contributed by atoms with Gasteiger partial charge in [-0.3, -0.25) is 9.79 Å². The molecule has 0 atom stereocenters. The van der Waals surface area contributed by atoms with Gasteiger partial charge in [0.1, 0.15) is 0 Å². The number of carbonyl (C=O) groups is 1. The second-order valence-electron chi connectivity index (χ2n) is 4.44. The predicted octanol–water partition coefficient (Wildman–Crippen LogP) is 3.90. The number of nitrogens with one attached hydrogen (secondary N) is 1. The standard InChI is InChI=1S/C16H14ClN3O2/c1-11(18-14-9-7-12(17)8-10-14)15(20-22)16(21)19-13-5-3-2-4-6-13/h2-10,22H,1H3,(H,19,21)/b18-11?,20-15+. The van der Waals surface area contributed by atoms with E-state index in [0.29, 0.717) is 22.1 Å². The van der Waals surface area contributed by atoms with Crippen LogP contribution in [-0.4, -0.2) is 22.5 Å². The SMILES string of the molecule is CC(=Nc1ccc(Cl)cc1)/C(=N\O)C(=O)Nc1ccccc1. The Morgan fingerprint density at radius 3 is 2.32 bits per heavy atom. The van der Waals surface area contributed by atoms with Crippen LogP contribution in [0.3, 0.4) is 0 Å². The molecule has 0 fully saturated rings. The number of hydrogen-bond donors (Lipinski definition) is 2. The number of aliphatic imine (C=N–C) groups is 1. The zero-order valence-electron chi connectivity index (χ0n) is 11.8. The quantitative estimate of drug-likeness (QED) is 0.510. The number of oxime groups is 1. The van der Waals surface area contributed by atoms with Gasteiger partial charge in [0.2, 0.25) is 0 Å². The number of carbonyl (C=O) groups excluding carboxylic acids is 1. The summed E-state index contributed by atoms with van der Waals surface area (Å²) in [6.45, 7) is 1.59. The molecule has 0 aliphatic carbocycles. The maximum Gasteiger partial charge on any atom is 0.279 e. The molecule has 0 saturated heterocycles. The Hall–Kier alpha value is -2.66. The van der Waals surface area contributed by atoms with Crippen LogP contribution in [0.15, 0.2) is 64.7 Å². The van der Waals surface area contributed by atoms with E-state index in [9.17, 15) is 4.79 Å². The van der Waals surface area contributed by atoms with Crippen LogP contribution < -0.4 is 5.32 Å². The Morgan fingerprint density at radius 1 is 1.09 bits per heavy atom. The van der Waals surface area contributed by atoms with Crippen molar-refractivity contribution in [2.24, 2.45) is 10.1 Å². The van der Waals surface area contributed by atoms with Crippen molar-refractivity contribution in [1.29, 1.82) is 0 Å². The summed E-state index contributed by atoms with van der Waals surface area (Å²) < 4.78 is 0. The lowest BCUT2D eigenvalue weighted by Crippen LogP contribution is -2.28. The van der Waals surface area contributed by atoms with E-state index in [1.807, 2.05) is 6.07 Å². The monoisotopic (exact) mass is 315 g/mol. The highest BCUT2D eigenvalue weighted by Crippen LogP contribution is 2.16. The van der Waals surface area contributed by atoms with E-state index in [4.69, 9.17) is 16.8 Å². The van der Waals surface area contributed by atoms with Gasteiger partial charge in [0.25, 0.3) is 5.91 Å². The number of benzene rings is 2. The molecule has 0 bridgehead atoms. The van der Waals surface area contributed by atoms with E-state index >= 15 is 0 Å². The summed E-state index contributed by atoms with van der Waals surface area (Å²) in [5.41, 5.74) is 1.35. The molecule has 0 heterocycles. The van der Waals surface area contributed by atoms with Crippen molar-refractivity contribution in [2.45, 2.75) is 6.92 Å². The first-order chi connectivity index (χ1) is 10.6. The molecule has 2 aromatic rings. The molecule has 2 N–H and O–H groups in total. The lowest BCUT2D eigenvalue weighted by molar-refractivity contribution is -0.110. The van der Waals surface area contributed by atoms with E-state index in [2.05, 4.69) is 15.5 Å². The second kappa shape index (κ2) is 7.38. The van der Waals surface area contributed by atoms with Crippen LogP contribution in [0.1, 0.15) is 6.92 Å². The fourth-order valence-corrected chi connectivity index (χ4v) is 1.88. The molecule has 0 unspecified atom stereocenters. The minimum absolute atomic E-state index is 0.154. The van der Waals surface area contributed by atoms with Crippen molar-refractivity contribution >= 4 is 40.3 Å². The van der Waals surface area contributed by atoms with Gasteiger partial charge in [0.05, 0.1) is 11.4 Å². The topological polar surface area (TPSA) is 74.0 Å². The number of anilines is 1. The van der Waals surface area contributed by atoms with E-state index in [-0.39, 0.29) is 5.71 Å². The number of halogens is 1. The van der Waals surface area contributed by atoms with Gasteiger partial charge in [-0.2, -0.15) is 0 Å². The molecule has 5 nitrogen and oxygen atoms in total. The van der Waals surface area contributed by atoms with Crippen LogP contribution in [0.2, 0.25) is 5.02 Å². The number of amides is 1. The average molecular weight is 316 g/mol. The Labute approximate surface area is 133 Å². The molecule has 0 aliphatic rings. The van der Waals surface area contributed by atoms with Crippen molar-refractivity contribution in [2.75, 3.05) is 5.32 Å². The van der Waals surface area contributed by atoms with Crippen LogP contribution >= 0.6 is 11.6 Å². The zero-order valence-corrected chi connectivity index (χ0v) is 12.6. The van der Waals surface area contributed by atoms with Crippen LogP contribution in [-0.2, 0) is 4.79 Å². The van der Waals surface area contributed by atoms with Gasteiger partial charge >= 0.3 is 0 Å². The van der Waals surface area contributed by atoms with Gasteiger partial charge in [-0.05, 0) is 43.3 Å². The molecule has 0 spiro atoms. The smallest absolute Gasteiger partial charge is 0.279 e. The normalized spacial score (nSPS) is 12.1. The molecule has 0 aromatic heterocycles. The van der Waals surface area contributed by atoms with Gasteiger partial charge < -0.3 is 10.5 Å². The summed E-state index contributed by atoms with van der Waals surface area (Å²) in [5, 5.41) is 15.4. The molecule has 1 amide bonds. The summed E-state index contributed by atoms with van der Waals surface area (Å²) in [7, 11) is 0. The van der Waals surface area contributed by atoms with E-state index in [1.54, 1.807) is 55.5 Å². The molecule has 0 saturated carbocycles. The summed E-state index contributed by atoms with van der Waals surface area (Å²) in [6, 6.07) is 15.7. The predicted molar refractivity (Wildman–Crippen MR) is 88.5 cm³/mol. The summed E-state index contributed by atoms with van der Waals surface area (Å²) in [4.78, 5) is 16.4. The summed E-state index contributed by atoms with van der Waals surface area (Å²) >= 11 is 5.80. The second-order valence-corrected chi connectivity index (χ2v) is 4.88. The molecular formula is C16H14ClN3O2. The van der Waals surface area contributed by atoms with Gasteiger partial charge in [-0.1, -0.05) is 35.0 Å². The lowest BCUT2D eigenvalue weighted by Gasteiger charge is -2.06. The Bertz CT molecular complexity index is 710. The molecule has 0 aliphatic heterocycles. The highest BCUT2D eigenvalue weighted by atomic mass is 35.5. The average Bonchev–Trinajstić information content (AvgIpc) is 2.51. The Balaban J connectivity index is 2.16. The van der Waals surface area contributed by atoms with Gasteiger partial charge in [-0.15, -0.1) is 0 Å². The van der Waals surface area contributed by atoms with Crippen molar-refractivity contribution in [3.63, 3.8) is 0 Å². The fourth-order valence-electron chi connectivity index (χ4n) is 1.76. The Kier molecular flexibility index (Phi) is 5.27. The molecule has 22 heavy (non-hydrogen) atoms. The molecule has 2 rings (SSSR count). The maximum absolute atomic E-state index is 12.1. The van der Waals surface area contributed by atoms with Crippen molar-refractivity contribution in [3.05, 3.63) is 59.6 Å². The highest BCUT2D eigenvalue weighted by Gasteiger charge is 2.16. The molecule has 6 heteroatoms. The third-order valence-electron chi connectivity index (χ3n) is 2.81. The maximum atomic E-state index is 12.1. The molecular weight excluding hydrogens is 302 g/mol. The third-order valence-corrected chi connectivity index (χ3v) is 3.06. The first-order valence-electron chi connectivity index (χ1n) is 6.50. The van der Waals surface area contributed by atoms with Gasteiger partial charge in [0.15, 0.2) is 5.71 Å². The van der Waals surface area contributed by atoms with Gasteiger partial charge in [-0.25, -0.2) is 0 Å². The van der Waals surface area contributed by atoms with Crippen LogP contribution in [0.4, 0.5) is 11.4 Å². The fraction of sp³-hybridized carbons (Fsp3) is 0.0625. The van der Waals surface area contributed by atoms with Crippen molar-refractivity contribution < 1.29 is 10.0 Å². The van der Waals surface area contributed by atoms with Crippen LogP contribution in [0, 0.1) is 0 Å². The van der Waals surface area contributed by atoms with Crippen LogP contribution in [0.5, 0.6) is 0 Å². The Morgan fingerprint density at radius 2 is 1.73 bits per heavy atom. The zero-order chi connectivity index (χ0) is 15.9. The first-order valence-corrected chi connectivity index (χ1v) is 6.87. The lowest BCUT2D eigenvalue weighted by atomic mass is 10.2. The van der Waals surface area contributed by atoms with E-state index in [1.165, 1.54) is 0 Å². The minimum Gasteiger partial charge on any atom is -0.410 e. The van der Waals surface area contributed by atoms with Crippen molar-refractivity contribution in [3.8, 4) is 0 Å². The molecule has 2 aromatic carbocycles. The van der Waals surface area contributed by atoms with E-state index < -0.39 is 5.91 Å². The molecule has 112 valence electrons. The van der Waals surface area contributed by atoms with Crippen molar-refractivity contribution in [1.82, 2.24) is 0 Å². The third kappa shape index (κ3) is 4.17. The number of para-hydroxylation sites is 1. The first kappa shape index (κ1) is 15.7. The number of hydrogen-bond acceptors (Lipinski definition) is 4. The highest BCUT2D eigenvalue weighted by molar-refractivity contribution is 6.68. The van der Waals surface area contributed by atoms with E-state index in [0.717, 1.165) is 0 Å².